The topological polar surface area (TPSA) is 55.1 Å². The summed E-state index contributed by atoms with van der Waals surface area (Å²) in [5.41, 5.74) is 8.04. The molecule has 19 heavy (non-hydrogen) atoms. The van der Waals surface area contributed by atoms with Crippen molar-refractivity contribution in [2.75, 3.05) is 6.54 Å². The molecule has 106 valence electrons. The molecule has 3 N–H and O–H groups in total. The quantitative estimate of drug-likeness (QED) is 0.828. The summed E-state index contributed by atoms with van der Waals surface area (Å²) in [6, 6.07) is 8.26. The van der Waals surface area contributed by atoms with Crippen molar-refractivity contribution in [2.24, 2.45) is 17.6 Å². The second-order valence-electron chi connectivity index (χ2n) is 5.70. The lowest BCUT2D eigenvalue weighted by molar-refractivity contribution is -0.125. The molecule has 1 amide bonds. The van der Waals surface area contributed by atoms with E-state index in [0.717, 1.165) is 12.0 Å². The second-order valence-corrected chi connectivity index (χ2v) is 5.70. The van der Waals surface area contributed by atoms with Gasteiger partial charge in [-0.15, -0.1) is 0 Å². The molecule has 0 aliphatic rings. The average Bonchev–Trinajstić information content (AvgIpc) is 2.36. The summed E-state index contributed by atoms with van der Waals surface area (Å²) in [5.74, 6) is 0.450. The van der Waals surface area contributed by atoms with Gasteiger partial charge in [0.1, 0.15) is 0 Å². The Balaban J connectivity index is 2.62. The van der Waals surface area contributed by atoms with Gasteiger partial charge >= 0.3 is 0 Å². The largest absolute Gasteiger partial charge is 0.349 e. The maximum atomic E-state index is 12.2. The minimum Gasteiger partial charge on any atom is -0.349 e. The van der Waals surface area contributed by atoms with Crippen LogP contribution in [0.2, 0.25) is 0 Å². The number of nitrogens with two attached hydrogens (primary N) is 1. The van der Waals surface area contributed by atoms with E-state index in [4.69, 9.17) is 5.73 Å². The molecule has 0 spiro atoms. The Labute approximate surface area is 116 Å². The van der Waals surface area contributed by atoms with Crippen LogP contribution >= 0.6 is 0 Å². The predicted molar refractivity (Wildman–Crippen MR) is 79.7 cm³/mol. The molecule has 0 saturated carbocycles. The van der Waals surface area contributed by atoms with Crippen molar-refractivity contribution in [3.63, 3.8) is 0 Å². The summed E-state index contributed by atoms with van der Waals surface area (Å²) < 4.78 is 0. The number of benzene rings is 1. The Morgan fingerprint density at radius 1 is 1.21 bits per heavy atom. The van der Waals surface area contributed by atoms with Gasteiger partial charge in [-0.25, -0.2) is 0 Å². The van der Waals surface area contributed by atoms with Crippen LogP contribution in [0.5, 0.6) is 0 Å². The fraction of sp³-hybridized carbons (Fsp3) is 0.562. The smallest absolute Gasteiger partial charge is 0.224 e. The Bertz CT molecular complexity index is 398. The van der Waals surface area contributed by atoms with Gasteiger partial charge < -0.3 is 11.1 Å². The van der Waals surface area contributed by atoms with E-state index in [1.165, 1.54) is 5.56 Å². The van der Waals surface area contributed by atoms with Gasteiger partial charge in [-0.1, -0.05) is 43.7 Å². The molecule has 1 rings (SSSR count). The molecule has 1 aromatic rings. The first-order valence-corrected chi connectivity index (χ1v) is 7.01. The SMILES string of the molecule is Cc1ccc([C@H](C)NC(=O)C(CN)CC(C)C)cc1. The standard InChI is InChI=1S/C16H26N2O/c1-11(2)9-15(10-17)16(19)18-13(4)14-7-5-12(3)6-8-14/h5-8,11,13,15H,9-10,17H2,1-4H3,(H,18,19)/t13-,15?/m0/s1. The van der Waals surface area contributed by atoms with Crippen LogP contribution in [-0.4, -0.2) is 12.5 Å². The Kier molecular flexibility index (Phi) is 6.03. The molecule has 0 radical (unpaired) electrons. The Hall–Kier alpha value is -1.35. The van der Waals surface area contributed by atoms with Crippen molar-refractivity contribution in [2.45, 2.75) is 40.2 Å². The maximum absolute atomic E-state index is 12.2. The molecule has 0 fully saturated rings. The van der Waals surface area contributed by atoms with Crippen molar-refractivity contribution < 1.29 is 4.79 Å². The zero-order valence-corrected chi connectivity index (χ0v) is 12.4. The zero-order valence-electron chi connectivity index (χ0n) is 12.4. The van der Waals surface area contributed by atoms with Crippen molar-refractivity contribution in [3.8, 4) is 0 Å². The van der Waals surface area contributed by atoms with Gasteiger partial charge in [-0.05, 0) is 31.7 Å². The van der Waals surface area contributed by atoms with E-state index in [9.17, 15) is 4.79 Å². The summed E-state index contributed by atoms with van der Waals surface area (Å²) in [7, 11) is 0. The number of hydrogen-bond donors (Lipinski definition) is 2. The van der Waals surface area contributed by atoms with Gasteiger partial charge in [0.05, 0.1) is 12.0 Å². The lowest BCUT2D eigenvalue weighted by atomic mass is 9.95. The Morgan fingerprint density at radius 3 is 2.26 bits per heavy atom. The molecule has 3 heteroatoms. The number of rotatable bonds is 6. The summed E-state index contributed by atoms with van der Waals surface area (Å²) in [5, 5.41) is 3.05. The van der Waals surface area contributed by atoms with Gasteiger partial charge in [0.25, 0.3) is 0 Å². The first kappa shape index (κ1) is 15.7. The third-order valence-electron chi connectivity index (χ3n) is 3.35. The van der Waals surface area contributed by atoms with E-state index in [-0.39, 0.29) is 17.9 Å². The second kappa shape index (κ2) is 7.29. The fourth-order valence-electron chi connectivity index (χ4n) is 2.15. The maximum Gasteiger partial charge on any atom is 0.224 e. The van der Waals surface area contributed by atoms with Crippen molar-refractivity contribution in [1.29, 1.82) is 0 Å². The number of hydrogen-bond acceptors (Lipinski definition) is 2. The van der Waals surface area contributed by atoms with Crippen LogP contribution in [0.25, 0.3) is 0 Å². The average molecular weight is 262 g/mol. The molecule has 0 aromatic heterocycles. The van der Waals surface area contributed by atoms with Crippen LogP contribution in [0.15, 0.2) is 24.3 Å². The van der Waals surface area contributed by atoms with E-state index in [2.05, 4.69) is 50.4 Å². The molecule has 3 nitrogen and oxygen atoms in total. The van der Waals surface area contributed by atoms with Crippen LogP contribution in [0.3, 0.4) is 0 Å². The highest BCUT2D eigenvalue weighted by molar-refractivity contribution is 5.79. The molecule has 0 saturated heterocycles. The van der Waals surface area contributed by atoms with E-state index < -0.39 is 0 Å². The van der Waals surface area contributed by atoms with Crippen LogP contribution in [0.1, 0.15) is 44.4 Å². The molecule has 0 aliphatic carbocycles. The zero-order chi connectivity index (χ0) is 14.4. The van der Waals surface area contributed by atoms with Crippen molar-refractivity contribution in [3.05, 3.63) is 35.4 Å². The third-order valence-corrected chi connectivity index (χ3v) is 3.35. The van der Waals surface area contributed by atoms with Gasteiger partial charge in [-0.3, -0.25) is 4.79 Å². The molecule has 0 bridgehead atoms. The van der Waals surface area contributed by atoms with Crippen LogP contribution < -0.4 is 11.1 Å². The highest BCUT2D eigenvalue weighted by Crippen LogP contribution is 2.16. The minimum absolute atomic E-state index is 0.0225. The Morgan fingerprint density at radius 2 is 1.79 bits per heavy atom. The van der Waals surface area contributed by atoms with Crippen LogP contribution in [-0.2, 0) is 4.79 Å². The normalized spacial score (nSPS) is 14.2. The number of amides is 1. The first-order chi connectivity index (χ1) is 8.93. The highest BCUT2D eigenvalue weighted by atomic mass is 16.1. The summed E-state index contributed by atoms with van der Waals surface area (Å²) in [6.45, 7) is 8.69. The first-order valence-electron chi connectivity index (χ1n) is 7.01. The van der Waals surface area contributed by atoms with E-state index >= 15 is 0 Å². The van der Waals surface area contributed by atoms with Crippen LogP contribution in [0, 0.1) is 18.8 Å². The van der Waals surface area contributed by atoms with Gasteiger partial charge in [0.2, 0.25) is 5.91 Å². The van der Waals surface area contributed by atoms with Gasteiger partial charge in [-0.2, -0.15) is 0 Å². The third kappa shape index (κ3) is 5.03. The van der Waals surface area contributed by atoms with E-state index in [1.807, 2.05) is 6.92 Å². The monoisotopic (exact) mass is 262 g/mol. The summed E-state index contributed by atoms with van der Waals surface area (Å²) >= 11 is 0. The minimum atomic E-state index is -0.0899. The summed E-state index contributed by atoms with van der Waals surface area (Å²) in [6.07, 6.45) is 0.836. The lowest BCUT2D eigenvalue weighted by Gasteiger charge is -2.20. The van der Waals surface area contributed by atoms with E-state index in [1.54, 1.807) is 0 Å². The molecule has 0 heterocycles. The van der Waals surface area contributed by atoms with Gasteiger partial charge in [0.15, 0.2) is 0 Å². The van der Waals surface area contributed by atoms with Crippen molar-refractivity contribution in [1.82, 2.24) is 5.32 Å². The molecule has 1 unspecified atom stereocenters. The fourth-order valence-corrected chi connectivity index (χ4v) is 2.15. The summed E-state index contributed by atoms with van der Waals surface area (Å²) in [4.78, 5) is 12.2. The number of aryl methyl sites for hydroxylation is 1. The number of carbonyl (C=O) groups excluding carboxylic acids is 1. The van der Waals surface area contributed by atoms with Crippen molar-refractivity contribution >= 4 is 5.91 Å². The molecular formula is C16H26N2O. The lowest BCUT2D eigenvalue weighted by Crippen LogP contribution is -2.37. The van der Waals surface area contributed by atoms with E-state index in [0.29, 0.717) is 12.5 Å². The molecule has 1 aromatic carbocycles. The number of carbonyl (C=O) groups is 1. The molecule has 2 atom stereocenters. The number of nitrogens with one attached hydrogen (secondary N) is 1. The highest BCUT2D eigenvalue weighted by Gasteiger charge is 2.20. The molecular weight excluding hydrogens is 236 g/mol. The molecule has 0 aliphatic heterocycles. The predicted octanol–water partition coefficient (Wildman–Crippen LogP) is 2.79. The van der Waals surface area contributed by atoms with Crippen LogP contribution in [0.4, 0.5) is 0 Å². The van der Waals surface area contributed by atoms with Gasteiger partial charge in [0, 0.05) is 6.54 Å².